The third-order valence-electron chi connectivity index (χ3n) is 4.18. The molecule has 0 unspecified atom stereocenters. The number of rotatable bonds is 2. The first-order chi connectivity index (χ1) is 12.3. The highest BCUT2D eigenvalue weighted by Crippen LogP contribution is 2.32. The molecule has 0 N–H and O–H groups in total. The quantitative estimate of drug-likeness (QED) is 0.432. The molecule has 0 aliphatic carbocycles. The van der Waals surface area contributed by atoms with Crippen LogP contribution in [0.5, 0.6) is 5.75 Å². The zero-order valence-corrected chi connectivity index (χ0v) is 14.3. The molecular formula is C19H12ClF3N2O. The fourth-order valence-corrected chi connectivity index (χ4v) is 3.25. The van der Waals surface area contributed by atoms with Crippen molar-refractivity contribution in [3.05, 3.63) is 59.6 Å². The number of benzene rings is 2. The molecule has 4 rings (SSSR count). The zero-order valence-electron chi connectivity index (χ0n) is 13.5. The normalized spacial score (nSPS) is 12.0. The number of pyridine rings is 1. The van der Waals surface area contributed by atoms with Gasteiger partial charge in [0.1, 0.15) is 5.75 Å². The van der Waals surface area contributed by atoms with E-state index in [-0.39, 0.29) is 5.75 Å². The average molecular weight is 377 g/mol. The van der Waals surface area contributed by atoms with Crippen molar-refractivity contribution < 1.29 is 17.9 Å². The highest BCUT2D eigenvalue weighted by molar-refractivity contribution is 6.35. The molecule has 132 valence electrons. The van der Waals surface area contributed by atoms with E-state index < -0.39 is 6.36 Å². The first-order valence-electron chi connectivity index (χ1n) is 7.73. The average Bonchev–Trinajstić information content (AvgIpc) is 2.90. The minimum absolute atomic E-state index is 0.253. The van der Waals surface area contributed by atoms with Crippen molar-refractivity contribution in [2.75, 3.05) is 0 Å². The van der Waals surface area contributed by atoms with E-state index in [1.807, 2.05) is 35.9 Å². The van der Waals surface area contributed by atoms with Crippen molar-refractivity contribution in [3.8, 4) is 17.1 Å². The summed E-state index contributed by atoms with van der Waals surface area (Å²) >= 11 is 6.22. The lowest BCUT2D eigenvalue weighted by atomic mass is 10.1. The van der Waals surface area contributed by atoms with E-state index >= 15 is 0 Å². The van der Waals surface area contributed by atoms with Crippen LogP contribution in [0.4, 0.5) is 13.2 Å². The number of alkyl halides is 3. The van der Waals surface area contributed by atoms with Gasteiger partial charge in [-0.25, -0.2) is 4.98 Å². The van der Waals surface area contributed by atoms with Crippen molar-refractivity contribution in [1.29, 1.82) is 0 Å². The largest absolute Gasteiger partial charge is 0.573 e. The summed E-state index contributed by atoms with van der Waals surface area (Å²) in [4.78, 5) is 4.62. The van der Waals surface area contributed by atoms with E-state index in [2.05, 4.69) is 9.72 Å². The molecule has 0 atom stereocenters. The summed E-state index contributed by atoms with van der Waals surface area (Å²) in [7, 11) is 1.83. The molecule has 0 radical (unpaired) electrons. The molecule has 2 aromatic heterocycles. The van der Waals surface area contributed by atoms with Gasteiger partial charge >= 0.3 is 6.36 Å². The minimum Gasteiger partial charge on any atom is -0.406 e. The Hall–Kier alpha value is -2.73. The summed E-state index contributed by atoms with van der Waals surface area (Å²) < 4.78 is 43.1. The molecule has 0 spiro atoms. The predicted octanol–water partition coefficient (Wildman–Crippen LogP) is 5.95. The van der Waals surface area contributed by atoms with Gasteiger partial charge in [-0.1, -0.05) is 29.8 Å². The lowest BCUT2D eigenvalue weighted by Gasteiger charge is -2.09. The number of aryl methyl sites for hydroxylation is 1. The molecular weight excluding hydrogens is 365 g/mol. The Bertz CT molecular complexity index is 1130. The van der Waals surface area contributed by atoms with Gasteiger partial charge in [-0.2, -0.15) is 0 Å². The third kappa shape index (κ3) is 2.97. The Morgan fingerprint density at radius 2 is 1.81 bits per heavy atom. The molecule has 0 bridgehead atoms. The number of para-hydroxylation sites is 1. The number of hydrogen-bond donors (Lipinski definition) is 0. The first kappa shape index (κ1) is 16.7. The maximum absolute atomic E-state index is 12.4. The SMILES string of the molecule is Cn1c(-c2ccc3cccc(Cl)c3n2)cc2cc(OC(F)(F)F)ccc21. The Morgan fingerprint density at radius 3 is 2.58 bits per heavy atom. The van der Waals surface area contributed by atoms with E-state index in [4.69, 9.17) is 11.6 Å². The van der Waals surface area contributed by atoms with Gasteiger partial charge in [-0.05, 0) is 36.4 Å². The van der Waals surface area contributed by atoms with Crippen LogP contribution in [0.15, 0.2) is 54.6 Å². The second kappa shape index (κ2) is 5.92. The summed E-state index contributed by atoms with van der Waals surface area (Å²) in [5.74, 6) is -0.253. The summed E-state index contributed by atoms with van der Waals surface area (Å²) in [6.07, 6.45) is -4.72. The monoisotopic (exact) mass is 376 g/mol. The van der Waals surface area contributed by atoms with Crippen molar-refractivity contribution in [2.24, 2.45) is 7.05 Å². The van der Waals surface area contributed by atoms with Crippen molar-refractivity contribution >= 4 is 33.4 Å². The van der Waals surface area contributed by atoms with Crippen molar-refractivity contribution in [2.45, 2.75) is 6.36 Å². The summed E-state index contributed by atoms with van der Waals surface area (Å²) in [6, 6.07) is 15.3. The summed E-state index contributed by atoms with van der Waals surface area (Å²) in [5, 5.41) is 2.09. The molecule has 26 heavy (non-hydrogen) atoms. The molecule has 0 fully saturated rings. The van der Waals surface area contributed by atoms with Crippen LogP contribution >= 0.6 is 11.6 Å². The molecule has 3 nitrogen and oxygen atoms in total. The van der Waals surface area contributed by atoms with Crippen LogP contribution in [0, 0.1) is 0 Å². The van der Waals surface area contributed by atoms with E-state index in [0.717, 1.165) is 16.6 Å². The van der Waals surface area contributed by atoms with Gasteiger partial charge in [0, 0.05) is 23.3 Å². The third-order valence-corrected chi connectivity index (χ3v) is 4.49. The Labute approximate surface area is 151 Å². The van der Waals surface area contributed by atoms with Gasteiger partial charge in [-0.3, -0.25) is 0 Å². The van der Waals surface area contributed by atoms with E-state index in [9.17, 15) is 13.2 Å². The van der Waals surface area contributed by atoms with E-state index in [1.165, 1.54) is 12.1 Å². The molecule has 7 heteroatoms. The van der Waals surface area contributed by atoms with Gasteiger partial charge in [0.15, 0.2) is 0 Å². The molecule has 0 aliphatic rings. The van der Waals surface area contributed by atoms with Crippen LogP contribution in [0.3, 0.4) is 0 Å². The number of nitrogens with zero attached hydrogens (tertiary/aromatic N) is 2. The van der Waals surface area contributed by atoms with Crippen LogP contribution in [0.2, 0.25) is 5.02 Å². The van der Waals surface area contributed by atoms with Crippen LogP contribution in [0.25, 0.3) is 33.2 Å². The van der Waals surface area contributed by atoms with Crippen LogP contribution in [-0.2, 0) is 7.05 Å². The first-order valence-corrected chi connectivity index (χ1v) is 8.10. The number of ether oxygens (including phenoxy) is 1. The molecule has 4 aromatic rings. The smallest absolute Gasteiger partial charge is 0.406 e. The van der Waals surface area contributed by atoms with Gasteiger partial charge < -0.3 is 9.30 Å². The lowest BCUT2D eigenvalue weighted by molar-refractivity contribution is -0.274. The number of fused-ring (bicyclic) bond motifs is 2. The van der Waals surface area contributed by atoms with Crippen LogP contribution in [-0.4, -0.2) is 15.9 Å². The van der Waals surface area contributed by atoms with E-state index in [0.29, 0.717) is 21.6 Å². The number of halogens is 4. The summed E-state index contributed by atoms with van der Waals surface area (Å²) in [5.41, 5.74) is 2.90. The molecule has 0 saturated carbocycles. The molecule has 0 amide bonds. The minimum atomic E-state index is -4.72. The van der Waals surface area contributed by atoms with Crippen molar-refractivity contribution in [3.63, 3.8) is 0 Å². The van der Waals surface area contributed by atoms with Crippen molar-refractivity contribution in [1.82, 2.24) is 9.55 Å². The molecule has 2 heterocycles. The topological polar surface area (TPSA) is 27.1 Å². The zero-order chi connectivity index (χ0) is 18.5. The van der Waals surface area contributed by atoms with Crippen LogP contribution < -0.4 is 4.74 Å². The second-order valence-corrected chi connectivity index (χ2v) is 6.27. The predicted molar refractivity (Wildman–Crippen MR) is 95.3 cm³/mol. The Balaban J connectivity index is 1.84. The Kier molecular flexibility index (Phi) is 3.80. The second-order valence-electron chi connectivity index (χ2n) is 5.87. The van der Waals surface area contributed by atoms with Gasteiger partial charge in [-0.15, -0.1) is 13.2 Å². The van der Waals surface area contributed by atoms with Gasteiger partial charge in [0.05, 0.1) is 21.9 Å². The van der Waals surface area contributed by atoms with E-state index in [1.54, 1.807) is 18.2 Å². The number of aromatic nitrogens is 2. The summed E-state index contributed by atoms with van der Waals surface area (Å²) in [6.45, 7) is 0. The fourth-order valence-electron chi connectivity index (χ4n) is 3.02. The number of hydrogen-bond acceptors (Lipinski definition) is 2. The highest BCUT2D eigenvalue weighted by Gasteiger charge is 2.31. The lowest BCUT2D eigenvalue weighted by Crippen LogP contribution is -2.16. The van der Waals surface area contributed by atoms with Gasteiger partial charge in [0.25, 0.3) is 0 Å². The fraction of sp³-hybridized carbons (Fsp3) is 0.105. The Morgan fingerprint density at radius 1 is 1.00 bits per heavy atom. The molecule has 0 aliphatic heterocycles. The molecule has 0 saturated heterocycles. The maximum Gasteiger partial charge on any atom is 0.573 e. The van der Waals surface area contributed by atoms with Gasteiger partial charge in [0.2, 0.25) is 0 Å². The molecule has 2 aromatic carbocycles. The highest BCUT2D eigenvalue weighted by atomic mass is 35.5. The van der Waals surface area contributed by atoms with Crippen LogP contribution in [0.1, 0.15) is 0 Å². The standard InChI is InChI=1S/C19H12ClF3N2O/c1-25-16-8-6-13(26-19(21,22)23)9-12(16)10-17(25)15-7-5-11-3-2-4-14(20)18(11)24-15/h2-10H,1H3. The maximum atomic E-state index is 12.4.